The van der Waals surface area contributed by atoms with Gasteiger partial charge < -0.3 is 26.4 Å². The van der Waals surface area contributed by atoms with E-state index >= 15 is 0 Å². The van der Waals surface area contributed by atoms with Gasteiger partial charge in [0.2, 0.25) is 11.7 Å². The standard InChI is InChI=1S/C35H61N5O7S/c1-8-9-13-25(27(41)30(43)36-23-15-16-23)37-29(42)26-24-17-14-22(24)20-40(26)31(44)28(33(2,3)4)38-32(45)39-35(18-11-10-12-19-35)21-48(46,47)34(5,6)7/h22-26,28,31,44H,8-21H2,1-7H3,(H,36,43)(H,37,42)(H2,38,39,45)/t22-,24-,25+,26-,28+,31?/m0/s1. The molecule has 1 heterocycles. The van der Waals surface area contributed by atoms with Crippen LogP contribution >= 0.6 is 0 Å². The maximum atomic E-state index is 14.0. The number of nitrogens with zero attached hydrogens (tertiary/aromatic N) is 1. The molecule has 3 saturated carbocycles. The van der Waals surface area contributed by atoms with Crippen molar-refractivity contribution in [1.82, 2.24) is 26.2 Å². The van der Waals surface area contributed by atoms with Crippen LogP contribution in [0.3, 0.4) is 0 Å². The summed E-state index contributed by atoms with van der Waals surface area (Å²) in [6, 6.07) is -3.01. The molecule has 0 aromatic rings. The summed E-state index contributed by atoms with van der Waals surface area (Å²) in [5.41, 5.74) is -1.56. The Balaban J connectivity index is 1.51. The number of likely N-dealkylation sites (tertiary alicyclic amines) is 1. The molecule has 0 aromatic heterocycles. The van der Waals surface area contributed by atoms with E-state index in [1.807, 2.05) is 27.7 Å². The monoisotopic (exact) mass is 695 g/mol. The third-order valence-electron chi connectivity index (χ3n) is 11.0. The normalized spacial score (nSPS) is 26.3. The van der Waals surface area contributed by atoms with Crippen LogP contribution in [-0.2, 0) is 24.2 Å². The highest BCUT2D eigenvalue weighted by molar-refractivity contribution is 7.92. The van der Waals surface area contributed by atoms with Crippen LogP contribution in [0.4, 0.5) is 4.79 Å². The minimum absolute atomic E-state index is 0.00979. The second-order valence-electron chi connectivity index (χ2n) is 17.0. The van der Waals surface area contributed by atoms with Gasteiger partial charge in [0.1, 0.15) is 6.23 Å². The van der Waals surface area contributed by atoms with Gasteiger partial charge >= 0.3 is 6.03 Å². The minimum Gasteiger partial charge on any atom is -0.376 e. The van der Waals surface area contributed by atoms with E-state index in [0.717, 1.165) is 51.4 Å². The molecule has 1 saturated heterocycles. The van der Waals surface area contributed by atoms with Crippen LogP contribution in [0.2, 0.25) is 0 Å². The molecule has 6 atom stereocenters. The third kappa shape index (κ3) is 9.10. The summed E-state index contributed by atoms with van der Waals surface area (Å²) in [5, 5.41) is 23.7. The molecule has 13 heteroatoms. The third-order valence-corrected chi connectivity index (χ3v) is 13.8. The zero-order valence-corrected chi connectivity index (χ0v) is 31.0. The van der Waals surface area contributed by atoms with Crippen molar-refractivity contribution < 1.29 is 32.7 Å². The van der Waals surface area contributed by atoms with Crippen LogP contribution in [0.1, 0.15) is 126 Å². The molecule has 0 aromatic carbocycles. The molecule has 48 heavy (non-hydrogen) atoms. The predicted molar refractivity (Wildman–Crippen MR) is 185 cm³/mol. The molecule has 5 N–H and O–H groups in total. The number of carbonyl (C=O) groups is 4. The van der Waals surface area contributed by atoms with Crippen LogP contribution in [0.15, 0.2) is 0 Å². The molecule has 0 radical (unpaired) electrons. The highest BCUT2D eigenvalue weighted by Gasteiger charge is 2.54. The van der Waals surface area contributed by atoms with Gasteiger partial charge in [-0.3, -0.25) is 19.3 Å². The van der Waals surface area contributed by atoms with Crippen LogP contribution in [0.25, 0.3) is 0 Å². The Bertz CT molecular complexity index is 1300. The minimum atomic E-state index is -3.53. The number of urea groups is 1. The maximum Gasteiger partial charge on any atom is 0.315 e. The van der Waals surface area contributed by atoms with Gasteiger partial charge in [-0.2, -0.15) is 0 Å². The molecule has 0 spiro atoms. The van der Waals surface area contributed by atoms with Crippen molar-refractivity contribution in [2.45, 2.75) is 166 Å². The molecular formula is C35H61N5O7S. The molecule has 0 bridgehead atoms. The number of hydrogen-bond acceptors (Lipinski definition) is 8. The van der Waals surface area contributed by atoms with Gasteiger partial charge in [-0.05, 0) is 83.0 Å². The van der Waals surface area contributed by atoms with Crippen LogP contribution in [0.5, 0.6) is 0 Å². The summed E-state index contributed by atoms with van der Waals surface area (Å²) < 4.78 is 25.6. The van der Waals surface area contributed by atoms with Crippen molar-refractivity contribution in [1.29, 1.82) is 0 Å². The Labute approximate surface area is 287 Å². The number of sulfone groups is 1. The number of unbranched alkanes of at least 4 members (excludes halogenated alkanes) is 1. The number of hydrogen-bond donors (Lipinski definition) is 5. The van der Waals surface area contributed by atoms with Crippen molar-refractivity contribution in [2.75, 3.05) is 12.3 Å². The first kappa shape index (κ1) is 38.6. The average molecular weight is 696 g/mol. The number of fused-ring (bicyclic) bond motifs is 1. The second kappa shape index (κ2) is 14.9. The van der Waals surface area contributed by atoms with E-state index in [9.17, 15) is 32.7 Å². The lowest BCUT2D eigenvalue weighted by Gasteiger charge is -2.43. The number of nitrogens with one attached hydrogen (secondary N) is 4. The molecule has 4 amide bonds. The fourth-order valence-electron chi connectivity index (χ4n) is 7.52. The van der Waals surface area contributed by atoms with Crippen molar-refractivity contribution in [3.8, 4) is 0 Å². The average Bonchev–Trinajstić information content (AvgIpc) is 3.74. The van der Waals surface area contributed by atoms with Gasteiger partial charge in [0.15, 0.2) is 9.84 Å². The lowest BCUT2D eigenvalue weighted by Crippen LogP contribution is -2.65. The first-order valence-electron chi connectivity index (χ1n) is 18.2. The summed E-state index contributed by atoms with van der Waals surface area (Å²) >= 11 is 0. The van der Waals surface area contributed by atoms with E-state index in [2.05, 4.69) is 21.3 Å². The number of amides is 4. The van der Waals surface area contributed by atoms with Crippen molar-refractivity contribution in [3.05, 3.63) is 0 Å². The van der Waals surface area contributed by atoms with E-state index < -0.39 is 67.6 Å². The number of ketones is 1. The lowest BCUT2D eigenvalue weighted by atomic mass is 9.73. The molecule has 12 nitrogen and oxygen atoms in total. The Morgan fingerprint density at radius 1 is 0.938 bits per heavy atom. The Kier molecular flexibility index (Phi) is 12.0. The fourth-order valence-corrected chi connectivity index (χ4v) is 9.05. The van der Waals surface area contributed by atoms with Gasteiger partial charge in [0, 0.05) is 12.6 Å². The highest BCUT2D eigenvalue weighted by Crippen LogP contribution is 2.46. The van der Waals surface area contributed by atoms with Gasteiger partial charge in [-0.15, -0.1) is 0 Å². The Hall–Kier alpha value is -2.25. The predicted octanol–water partition coefficient (Wildman–Crippen LogP) is 3.17. The van der Waals surface area contributed by atoms with Crippen LogP contribution < -0.4 is 21.3 Å². The summed E-state index contributed by atoms with van der Waals surface area (Å²) in [6.45, 7) is 13.2. The topological polar surface area (TPSA) is 174 Å². The first-order valence-corrected chi connectivity index (χ1v) is 19.8. The molecule has 1 aliphatic heterocycles. The van der Waals surface area contributed by atoms with Gasteiger partial charge in [-0.25, -0.2) is 13.2 Å². The molecule has 274 valence electrons. The molecule has 4 fully saturated rings. The quantitative estimate of drug-likeness (QED) is 0.172. The van der Waals surface area contributed by atoms with E-state index in [0.29, 0.717) is 32.2 Å². The van der Waals surface area contributed by atoms with Gasteiger partial charge in [0.25, 0.3) is 5.91 Å². The molecule has 3 aliphatic carbocycles. The molecular weight excluding hydrogens is 634 g/mol. The highest BCUT2D eigenvalue weighted by atomic mass is 32.2. The van der Waals surface area contributed by atoms with E-state index in [1.165, 1.54) is 0 Å². The van der Waals surface area contributed by atoms with E-state index in [1.54, 1.807) is 25.7 Å². The number of Topliss-reactive ketones (excluding diaryl/α,β-unsaturated/α-hetero) is 1. The smallest absolute Gasteiger partial charge is 0.315 e. The van der Waals surface area contributed by atoms with Crippen LogP contribution in [0, 0.1) is 17.3 Å². The fraction of sp³-hybridized carbons (Fsp3) is 0.886. The van der Waals surface area contributed by atoms with E-state index in [-0.39, 0.29) is 29.5 Å². The number of aliphatic hydroxyl groups excluding tert-OH is 1. The van der Waals surface area contributed by atoms with Crippen molar-refractivity contribution in [3.63, 3.8) is 0 Å². The summed E-state index contributed by atoms with van der Waals surface area (Å²) in [4.78, 5) is 55.3. The Morgan fingerprint density at radius 2 is 1.58 bits per heavy atom. The van der Waals surface area contributed by atoms with Crippen molar-refractivity contribution in [2.24, 2.45) is 17.3 Å². The van der Waals surface area contributed by atoms with Crippen LogP contribution in [-0.4, -0.2) is 95.0 Å². The first-order chi connectivity index (χ1) is 22.3. The number of rotatable bonds is 14. The number of aliphatic hydroxyl groups is 1. The zero-order valence-electron chi connectivity index (χ0n) is 30.2. The van der Waals surface area contributed by atoms with E-state index in [4.69, 9.17) is 0 Å². The lowest BCUT2D eigenvalue weighted by molar-refractivity contribution is -0.142. The Morgan fingerprint density at radius 3 is 2.10 bits per heavy atom. The SMILES string of the molecule is CCCC[C@@H](NC(=O)[C@@H]1[C@H]2CC[C@H]2CN1C(O)[C@@H](NC(=O)NC1(CS(=O)(=O)C(C)(C)C)CCCCC1)C(C)(C)C)C(=O)C(=O)NC1CC1. The molecule has 4 rings (SSSR count). The van der Waals surface area contributed by atoms with Crippen molar-refractivity contribution >= 4 is 33.5 Å². The zero-order chi connectivity index (χ0) is 35.7. The molecule has 1 unspecified atom stereocenters. The summed E-state index contributed by atoms with van der Waals surface area (Å²) in [6.07, 6.45) is 7.68. The molecule has 4 aliphatic rings. The largest absolute Gasteiger partial charge is 0.376 e. The summed E-state index contributed by atoms with van der Waals surface area (Å²) in [5.74, 6) is -1.67. The summed E-state index contributed by atoms with van der Waals surface area (Å²) in [7, 11) is -3.53. The second-order valence-corrected chi connectivity index (χ2v) is 19.8. The number of carbonyl (C=O) groups excluding carboxylic acids is 4. The van der Waals surface area contributed by atoms with Gasteiger partial charge in [0.05, 0.1) is 34.2 Å². The maximum absolute atomic E-state index is 14.0. The van der Waals surface area contributed by atoms with Gasteiger partial charge in [-0.1, -0.05) is 59.8 Å².